The molecule has 1 amide bonds. The van der Waals surface area contributed by atoms with Crippen LogP contribution in [-0.2, 0) is 24.2 Å². The number of nitrogens with one attached hydrogen (secondary N) is 1. The second kappa shape index (κ2) is 6.31. The molecule has 6 heteroatoms. The number of thiophene rings is 1. The van der Waals surface area contributed by atoms with Gasteiger partial charge >= 0.3 is 0 Å². The van der Waals surface area contributed by atoms with Crippen LogP contribution < -0.4 is 10.9 Å². The number of aryl methyl sites for hydroxylation is 2. The number of fused-ring (bicyclic) bond motifs is 3. The molecule has 1 N–H and O–H groups in total. The predicted molar refractivity (Wildman–Crippen MR) is 97.5 cm³/mol. The van der Waals surface area contributed by atoms with Crippen LogP contribution in [0.25, 0.3) is 10.2 Å². The first-order valence-electron chi connectivity index (χ1n) is 8.51. The Morgan fingerprint density at radius 2 is 2.21 bits per heavy atom. The van der Waals surface area contributed by atoms with Crippen molar-refractivity contribution in [2.24, 2.45) is 11.3 Å². The Morgan fingerprint density at radius 3 is 2.88 bits per heavy atom. The third-order valence-corrected chi connectivity index (χ3v) is 6.28. The molecule has 1 aliphatic carbocycles. The molecule has 2 heterocycles. The van der Waals surface area contributed by atoms with Gasteiger partial charge in [0.05, 0.1) is 11.7 Å². The molecule has 1 unspecified atom stereocenters. The van der Waals surface area contributed by atoms with E-state index < -0.39 is 0 Å². The van der Waals surface area contributed by atoms with Gasteiger partial charge < -0.3 is 5.32 Å². The normalized spacial score (nSPS) is 17.8. The highest BCUT2D eigenvalue weighted by Crippen LogP contribution is 2.41. The van der Waals surface area contributed by atoms with Crippen LogP contribution in [-0.4, -0.2) is 22.5 Å². The van der Waals surface area contributed by atoms with Crippen molar-refractivity contribution in [3.05, 3.63) is 27.1 Å². The van der Waals surface area contributed by atoms with E-state index in [-0.39, 0.29) is 16.9 Å². The molecule has 0 bridgehead atoms. The van der Waals surface area contributed by atoms with Crippen LogP contribution in [0.3, 0.4) is 0 Å². The van der Waals surface area contributed by atoms with Crippen LogP contribution in [0.15, 0.2) is 11.1 Å². The van der Waals surface area contributed by atoms with Crippen LogP contribution in [0.2, 0.25) is 0 Å². The number of aromatic nitrogens is 2. The van der Waals surface area contributed by atoms with E-state index in [1.165, 1.54) is 10.4 Å². The molecular formula is C18H25N3O2S. The molecule has 1 aliphatic rings. The molecule has 0 saturated heterocycles. The van der Waals surface area contributed by atoms with Gasteiger partial charge in [-0.2, -0.15) is 0 Å². The van der Waals surface area contributed by atoms with Gasteiger partial charge in [0.2, 0.25) is 5.91 Å². The SMILES string of the molecule is CNC(=O)CCn1cnc2sc3c(c2c1=O)CCC(C(C)(C)C)C3. The fourth-order valence-electron chi connectivity index (χ4n) is 3.45. The topological polar surface area (TPSA) is 64.0 Å². The number of nitrogens with zero attached hydrogens (tertiary/aromatic N) is 2. The van der Waals surface area contributed by atoms with Crippen LogP contribution >= 0.6 is 11.3 Å². The highest BCUT2D eigenvalue weighted by atomic mass is 32.1. The van der Waals surface area contributed by atoms with E-state index in [2.05, 4.69) is 31.1 Å². The standard InChI is InChI=1S/C18H25N3O2S/c1-18(2,3)11-5-6-12-13(9-11)24-16-15(12)17(23)21(10-20-16)8-7-14(22)19-4/h10-11H,5-9H2,1-4H3,(H,19,22). The number of carbonyl (C=O) groups excluding carboxylic acids is 1. The van der Waals surface area contributed by atoms with Gasteiger partial charge in [0.15, 0.2) is 0 Å². The fraction of sp³-hybridized carbons (Fsp3) is 0.611. The van der Waals surface area contributed by atoms with Gasteiger partial charge in [0.25, 0.3) is 5.56 Å². The summed E-state index contributed by atoms with van der Waals surface area (Å²) in [4.78, 5) is 30.9. The molecule has 0 aliphatic heterocycles. The third kappa shape index (κ3) is 3.11. The van der Waals surface area contributed by atoms with Gasteiger partial charge in [0.1, 0.15) is 4.83 Å². The Bertz CT molecular complexity index is 829. The maximum absolute atomic E-state index is 12.8. The van der Waals surface area contributed by atoms with Gasteiger partial charge in [-0.25, -0.2) is 4.98 Å². The Balaban J connectivity index is 1.96. The minimum Gasteiger partial charge on any atom is -0.359 e. The van der Waals surface area contributed by atoms with Crippen molar-refractivity contribution in [1.82, 2.24) is 14.9 Å². The lowest BCUT2D eigenvalue weighted by Crippen LogP contribution is -2.27. The van der Waals surface area contributed by atoms with E-state index in [1.807, 2.05) is 0 Å². The maximum atomic E-state index is 12.8. The molecule has 2 aromatic heterocycles. The van der Waals surface area contributed by atoms with E-state index in [0.717, 1.165) is 29.5 Å². The molecule has 2 aromatic rings. The quantitative estimate of drug-likeness (QED) is 0.928. The zero-order valence-electron chi connectivity index (χ0n) is 14.8. The highest BCUT2D eigenvalue weighted by molar-refractivity contribution is 7.18. The average molecular weight is 347 g/mol. The van der Waals surface area contributed by atoms with Crippen LogP contribution in [0.4, 0.5) is 0 Å². The van der Waals surface area contributed by atoms with Crippen molar-refractivity contribution < 1.29 is 4.79 Å². The summed E-state index contributed by atoms with van der Waals surface area (Å²) in [7, 11) is 1.60. The van der Waals surface area contributed by atoms with Crippen molar-refractivity contribution >= 4 is 27.5 Å². The minimum atomic E-state index is -0.0673. The molecular weight excluding hydrogens is 322 g/mol. The number of hydrogen-bond donors (Lipinski definition) is 1. The number of amides is 1. The van der Waals surface area contributed by atoms with Crippen molar-refractivity contribution in [1.29, 1.82) is 0 Å². The molecule has 0 spiro atoms. The summed E-state index contributed by atoms with van der Waals surface area (Å²) in [5, 5.41) is 3.36. The highest BCUT2D eigenvalue weighted by Gasteiger charge is 2.31. The maximum Gasteiger partial charge on any atom is 0.262 e. The van der Waals surface area contributed by atoms with E-state index in [1.54, 1.807) is 29.3 Å². The first-order chi connectivity index (χ1) is 11.3. The van der Waals surface area contributed by atoms with Gasteiger partial charge in [0, 0.05) is 24.9 Å². The average Bonchev–Trinajstić information content (AvgIpc) is 2.91. The summed E-state index contributed by atoms with van der Waals surface area (Å²) in [6.07, 6.45) is 4.99. The molecule has 0 fully saturated rings. The summed E-state index contributed by atoms with van der Waals surface area (Å²) in [6, 6.07) is 0. The summed E-state index contributed by atoms with van der Waals surface area (Å²) in [6.45, 7) is 7.25. The Morgan fingerprint density at radius 1 is 1.46 bits per heavy atom. The zero-order chi connectivity index (χ0) is 17.5. The summed E-state index contributed by atoms with van der Waals surface area (Å²) in [5.74, 6) is 0.580. The summed E-state index contributed by atoms with van der Waals surface area (Å²) in [5.41, 5.74) is 1.48. The molecule has 130 valence electrons. The third-order valence-electron chi connectivity index (χ3n) is 5.12. The number of rotatable bonds is 3. The van der Waals surface area contributed by atoms with Crippen molar-refractivity contribution in [2.75, 3.05) is 7.05 Å². The Kier molecular flexibility index (Phi) is 4.51. The fourth-order valence-corrected chi connectivity index (χ4v) is 4.70. The van der Waals surface area contributed by atoms with Gasteiger partial charge in [-0.15, -0.1) is 11.3 Å². The first-order valence-corrected chi connectivity index (χ1v) is 9.33. The zero-order valence-corrected chi connectivity index (χ0v) is 15.6. The van der Waals surface area contributed by atoms with Gasteiger partial charge in [-0.1, -0.05) is 20.8 Å². The number of carbonyl (C=O) groups is 1. The van der Waals surface area contributed by atoms with E-state index in [0.29, 0.717) is 18.9 Å². The van der Waals surface area contributed by atoms with Gasteiger partial charge in [-0.3, -0.25) is 14.2 Å². The molecule has 0 aromatic carbocycles. The monoisotopic (exact) mass is 347 g/mol. The predicted octanol–water partition coefficient (Wildman–Crippen LogP) is 2.75. The molecule has 3 rings (SSSR count). The first kappa shape index (κ1) is 17.1. The summed E-state index contributed by atoms with van der Waals surface area (Å²) < 4.78 is 1.57. The number of hydrogen-bond acceptors (Lipinski definition) is 4. The molecule has 24 heavy (non-hydrogen) atoms. The summed E-state index contributed by atoms with van der Waals surface area (Å²) >= 11 is 1.67. The van der Waals surface area contributed by atoms with Crippen LogP contribution in [0.1, 0.15) is 44.1 Å². The van der Waals surface area contributed by atoms with E-state index >= 15 is 0 Å². The van der Waals surface area contributed by atoms with Crippen molar-refractivity contribution in [3.63, 3.8) is 0 Å². The van der Waals surface area contributed by atoms with E-state index in [9.17, 15) is 9.59 Å². The Labute approximate surface area is 146 Å². The molecule has 1 atom stereocenters. The van der Waals surface area contributed by atoms with Crippen LogP contribution in [0, 0.1) is 11.3 Å². The van der Waals surface area contributed by atoms with E-state index in [4.69, 9.17) is 0 Å². The second-order valence-electron chi connectivity index (χ2n) is 7.66. The largest absolute Gasteiger partial charge is 0.359 e. The van der Waals surface area contributed by atoms with Crippen molar-refractivity contribution in [2.45, 2.75) is 53.0 Å². The lowest BCUT2D eigenvalue weighted by molar-refractivity contribution is -0.120. The second-order valence-corrected chi connectivity index (χ2v) is 8.74. The van der Waals surface area contributed by atoms with Crippen molar-refractivity contribution in [3.8, 4) is 0 Å². The molecule has 0 saturated carbocycles. The lowest BCUT2D eigenvalue weighted by Gasteiger charge is -2.33. The van der Waals surface area contributed by atoms with Crippen LogP contribution in [0.5, 0.6) is 0 Å². The smallest absolute Gasteiger partial charge is 0.262 e. The Hall–Kier alpha value is -1.69. The molecule has 0 radical (unpaired) electrons. The lowest BCUT2D eigenvalue weighted by atomic mass is 9.72. The molecule has 5 nitrogen and oxygen atoms in total. The minimum absolute atomic E-state index is 0.00406. The van der Waals surface area contributed by atoms with Gasteiger partial charge in [-0.05, 0) is 36.2 Å².